The first kappa shape index (κ1) is 26.1. The third-order valence-electron chi connectivity index (χ3n) is 5.75. The van der Waals surface area contributed by atoms with E-state index in [2.05, 4.69) is 46.9 Å². The molecule has 0 saturated carbocycles. The molecule has 0 saturated heterocycles. The molecule has 1 aromatic heterocycles. The van der Waals surface area contributed by atoms with Crippen LogP contribution in [-0.2, 0) is 13.1 Å². The number of aromatic nitrogens is 2. The van der Waals surface area contributed by atoms with Crippen LogP contribution in [0.5, 0.6) is 11.5 Å². The summed E-state index contributed by atoms with van der Waals surface area (Å²) in [6.07, 6.45) is 2.42. The van der Waals surface area contributed by atoms with Crippen molar-refractivity contribution in [3.63, 3.8) is 0 Å². The SMILES string of the molecule is CC(C)CCn1cnc2ccccc21.COc1ccc(CNc2cc(C(O)CN)ccc2O)cc1. The number of rotatable bonds is 9. The number of aliphatic hydroxyl groups is 1. The quantitative estimate of drug-likeness (QED) is 0.251. The van der Waals surface area contributed by atoms with Gasteiger partial charge in [-0.2, -0.15) is 0 Å². The maximum absolute atomic E-state index is 9.85. The number of methoxy groups -OCH3 is 1. The predicted octanol–water partition coefficient (Wildman–Crippen LogP) is 5.09. The van der Waals surface area contributed by atoms with E-state index in [4.69, 9.17) is 10.5 Å². The largest absolute Gasteiger partial charge is 0.506 e. The number of phenols is 1. The van der Waals surface area contributed by atoms with Crippen molar-refractivity contribution in [1.29, 1.82) is 0 Å². The summed E-state index contributed by atoms with van der Waals surface area (Å²) in [6.45, 7) is 6.26. The molecule has 3 aromatic carbocycles. The van der Waals surface area contributed by atoms with Crippen molar-refractivity contribution < 1.29 is 14.9 Å². The van der Waals surface area contributed by atoms with Crippen LogP contribution in [0.15, 0.2) is 73.1 Å². The average molecular weight is 477 g/mol. The maximum atomic E-state index is 9.85. The first-order chi connectivity index (χ1) is 16.9. The lowest BCUT2D eigenvalue weighted by molar-refractivity contribution is 0.186. The standard InChI is InChI=1S/C16H20N2O3.C12H16N2/c1-21-13-5-2-11(3-6-13)10-18-14-8-12(16(20)9-17)4-7-15(14)19;1-10(2)7-8-14-9-13-11-5-3-4-6-12(11)14/h2-8,16,18-20H,9-10,17H2,1H3;3-6,9-10H,7-8H2,1-2H3. The minimum absolute atomic E-state index is 0.136. The van der Waals surface area contributed by atoms with Crippen LogP contribution in [0.2, 0.25) is 0 Å². The minimum Gasteiger partial charge on any atom is -0.506 e. The van der Waals surface area contributed by atoms with Crippen LogP contribution in [-0.4, -0.2) is 33.4 Å². The highest BCUT2D eigenvalue weighted by molar-refractivity contribution is 5.74. The Morgan fingerprint density at radius 3 is 2.49 bits per heavy atom. The lowest BCUT2D eigenvalue weighted by Crippen LogP contribution is -2.11. The Hall–Kier alpha value is -3.55. The van der Waals surface area contributed by atoms with Gasteiger partial charge in [-0.15, -0.1) is 0 Å². The highest BCUT2D eigenvalue weighted by Gasteiger charge is 2.09. The number of nitrogens with zero attached hydrogens (tertiary/aromatic N) is 2. The number of aromatic hydroxyl groups is 1. The topological polar surface area (TPSA) is 106 Å². The molecule has 4 rings (SSSR count). The van der Waals surface area contributed by atoms with Gasteiger partial charge in [0.05, 0.1) is 36.3 Å². The van der Waals surface area contributed by atoms with Crippen molar-refractivity contribution in [2.75, 3.05) is 19.0 Å². The molecule has 0 aliphatic heterocycles. The number of imidazole rings is 1. The summed E-state index contributed by atoms with van der Waals surface area (Å²) >= 11 is 0. The zero-order valence-electron chi connectivity index (χ0n) is 20.7. The smallest absolute Gasteiger partial charge is 0.138 e. The molecule has 0 aliphatic rings. The van der Waals surface area contributed by atoms with E-state index in [-0.39, 0.29) is 12.3 Å². The van der Waals surface area contributed by atoms with Crippen LogP contribution in [0.25, 0.3) is 11.0 Å². The van der Waals surface area contributed by atoms with Crippen molar-refractivity contribution in [1.82, 2.24) is 9.55 Å². The van der Waals surface area contributed by atoms with Gasteiger partial charge in [-0.25, -0.2) is 4.98 Å². The fourth-order valence-corrected chi connectivity index (χ4v) is 3.57. The van der Waals surface area contributed by atoms with Crippen LogP contribution < -0.4 is 15.8 Å². The number of anilines is 1. The second-order valence-corrected chi connectivity index (χ2v) is 8.84. The second-order valence-electron chi connectivity index (χ2n) is 8.84. The monoisotopic (exact) mass is 476 g/mol. The molecule has 5 N–H and O–H groups in total. The van der Waals surface area contributed by atoms with Crippen molar-refractivity contribution in [2.45, 2.75) is 39.5 Å². The summed E-state index contributed by atoms with van der Waals surface area (Å²) in [7, 11) is 1.62. The Kier molecular flexibility index (Phi) is 9.52. The molecular weight excluding hydrogens is 440 g/mol. The molecule has 35 heavy (non-hydrogen) atoms. The predicted molar refractivity (Wildman–Crippen MR) is 142 cm³/mol. The normalized spacial score (nSPS) is 11.7. The van der Waals surface area contributed by atoms with Crippen molar-refractivity contribution in [3.05, 3.63) is 84.2 Å². The molecule has 0 aliphatic carbocycles. The molecule has 1 heterocycles. The van der Waals surface area contributed by atoms with Crippen LogP contribution in [0.1, 0.15) is 37.5 Å². The number of nitrogens with two attached hydrogens (primary N) is 1. The van der Waals surface area contributed by atoms with E-state index >= 15 is 0 Å². The van der Waals surface area contributed by atoms with Gasteiger partial charge in [0.2, 0.25) is 0 Å². The number of hydrogen-bond acceptors (Lipinski definition) is 6. The average Bonchev–Trinajstić information content (AvgIpc) is 3.30. The second kappa shape index (κ2) is 12.8. The van der Waals surface area contributed by atoms with Crippen LogP contribution in [0.3, 0.4) is 0 Å². The molecule has 0 amide bonds. The summed E-state index contributed by atoms with van der Waals surface area (Å²) in [6, 6.07) is 20.8. The zero-order valence-corrected chi connectivity index (χ0v) is 20.7. The van der Waals surface area contributed by atoms with E-state index in [0.717, 1.165) is 29.3 Å². The number of ether oxygens (including phenoxy) is 1. The van der Waals surface area contributed by atoms with Crippen molar-refractivity contribution in [2.24, 2.45) is 11.7 Å². The van der Waals surface area contributed by atoms with Gasteiger partial charge in [0.15, 0.2) is 0 Å². The van der Waals surface area contributed by atoms with Gasteiger partial charge in [0, 0.05) is 19.6 Å². The first-order valence-electron chi connectivity index (χ1n) is 11.9. The van der Waals surface area contributed by atoms with Gasteiger partial charge in [-0.1, -0.05) is 44.2 Å². The van der Waals surface area contributed by atoms with Gasteiger partial charge in [-0.3, -0.25) is 0 Å². The van der Waals surface area contributed by atoms with Gasteiger partial charge < -0.3 is 30.6 Å². The maximum Gasteiger partial charge on any atom is 0.138 e. The molecular formula is C28H36N4O3. The number of hydrogen-bond donors (Lipinski definition) is 4. The molecule has 1 unspecified atom stereocenters. The third-order valence-corrected chi connectivity index (χ3v) is 5.75. The van der Waals surface area contributed by atoms with Crippen LogP contribution in [0.4, 0.5) is 5.69 Å². The first-order valence-corrected chi connectivity index (χ1v) is 11.9. The molecule has 7 heteroatoms. The van der Waals surface area contributed by atoms with Crippen molar-refractivity contribution in [3.8, 4) is 11.5 Å². The summed E-state index contributed by atoms with van der Waals surface area (Å²) in [5, 5.41) is 22.7. The van der Waals surface area contributed by atoms with Crippen LogP contribution >= 0.6 is 0 Å². The summed E-state index contributed by atoms with van der Waals surface area (Å²) < 4.78 is 7.34. The Labute approximate surface area is 207 Å². The van der Waals surface area contributed by atoms with Gasteiger partial charge in [-0.05, 0) is 59.9 Å². The Bertz CT molecular complexity index is 1190. The number of aliphatic hydroxyl groups excluding tert-OH is 1. The summed E-state index contributed by atoms with van der Waals surface area (Å²) in [4.78, 5) is 4.36. The lowest BCUT2D eigenvalue weighted by Gasteiger charge is -2.13. The Balaban J connectivity index is 0.000000211. The Morgan fingerprint density at radius 1 is 1.06 bits per heavy atom. The molecule has 0 bridgehead atoms. The van der Waals surface area contributed by atoms with Gasteiger partial charge >= 0.3 is 0 Å². The fraction of sp³-hybridized carbons (Fsp3) is 0.321. The Morgan fingerprint density at radius 2 is 1.80 bits per heavy atom. The lowest BCUT2D eigenvalue weighted by atomic mass is 10.1. The number of para-hydroxylation sites is 2. The fourth-order valence-electron chi connectivity index (χ4n) is 3.57. The highest BCUT2D eigenvalue weighted by atomic mass is 16.5. The number of aryl methyl sites for hydroxylation is 1. The number of nitrogens with one attached hydrogen (secondary N) is 1. The van der Waals surface area contributed by atoms with Gasteiger partial charge in [0.25, 0.3) is 0 Å². The van der Waals surface area contributed by atoms with E-state index in [1.54, 1.807) is 25.3 Å². The van der Waals surface area contributed by atoms with E-state index < -0.39 is 6.10 Å². The summed E-state index contributed by atoms with van der Waals surface area (Å²) in [5.41, 5.74) is 10.1. The summed E-state index contributed by atoms with van der Waals surface area (Å²) in [5.74, 6) is 1.68. The number of benzene rings is 3. The molecule has 7 nitrogen and oxygen atoms in total. The molecule has 0 fully saturated rings. The number of fused-ring (bicyclic) bond motifs is 1. The minimum atomic E-state index is -0.730. The van der Waals surface area contributed by atoms with E-state index in [0.29, 0.717) is 17.8 Å². The molecule has 1 atom stereocenters. The van der Waals surface area contributed by atoms with Crippen LogP contribution in [0, 0.1) is 5.92 Å². The van der Waals surface area contributed by atoms with E-state index in [9.17, 15) is 10.2 Å². The van der Waals surface area contributed by atoms with Gasteiger partial charge in [0.1, 0.15) is 11.5 Å². The molecule has 186 valence electrons. The molecule has 0 spiro atoms. The van der Waals surface area contributed by atoms with E-state index in [1.165, 1.54) is 11.9 Å². The van der Waals surface area contributed by atoms with Crippen molar-refractivity contribution >= 4 is 16.7 Å². The third kappa shape index (κ3) is 7.47. The number of phenolic OH excluding ortho intramolecular Hbond substituents is 1. The molecule has 0 radical (unpaired) electrons. The molecule has 4 aromatic rings. The highest BCUT2D eigenvalue weighted by Crippen LogP contribution is 2.27. The van der Waals surface area contributed by atoms with E-state index in [1.807, 2.05) is 36.7 Å². The zero-order chi connectivity index (χ0) is 25.2.